The summed E-state index contributed by atoms with van der Waals surface area (Å²) in [5.41, 5.74) is 6.59. The highest BCUT2D eigenvalue weighted by molar-refractivity contribution is 5.83. The highest BCUT2D eigenvalue weighted by Crippen LogP contribution is 2.25. The molecule has 1 aromatic heterocycles. The van der Waals surface area contributed by atoms with Gasteiger partial charge in [0.05, 0.1) is 0 Å². The number of carbonyl (C=O) groups excluding carboxylic acids is 1. The van der Waals surface area contributed by atoms with Gasteiger partial charge >= 0.3 is 0 Å². The summed E-state index contributed by atoms with van der Waals surface area (Å²) in [7, 11) is 0. The molecule has 2 atom stereocenters. The molecule has 1 aromatic rings. The van der Waals surface area contributed by atoms with E-state index in [-0.39, 0.29) is 11.8 Å². The number of carbonyl (C=O) groups is 1. The summed E-state index contributed by atoms with van der Waals surface area (Å²) >= 11 is 0. The van der Waals surface area contributed by atoms with Crippen molar-refractivity contribution in [3.8, 4) is 0 Å². The number of rotatable bonds is 6. The largest absolute Gasteiger partial charge is 0.368 e. The fourth-order valence-corrected chi connectivity index (χ4v) is 2.88. The zero-order valence-corrected chi connectivity index (χ0v) is 13.7. The van der Waals surface area contributed by atoms with E-state index in [1.807, 2.05) is 26.8 Å². The van der Waals surface area contributed by atoms with Gasteiger partial charge in [-0.05, 0) is 38.8 Å². The van der Waals surface area contributed by atoms with Gasteiger partial charge in [-0.3, -0.25) is 4.79 Å². The van der Waals surface area contributed by atoms with E-state index < -0.39 is 6.04 Å². The first-order chi connectivity index (χ1) is 10.5. The van der Waals surface area contributed by atoms with Crippen molar-refractivity contribution >= 4 is 11.7 Å². The SMILES string of the molecule is CC[C@H](C)[C@H](Nc1cc(C2CCNCC2)nc(C)n1)C(N)=O. The van der Waals surface area contributed by atoms with E-state index in [2.05, 4.69) is 20.6 Å². The van der Waals surface area contributed by atoms with Crippen molar-refractivity contribution in [2.75, 3.05) is 18.4 Å². The zero-order chi connectivity index (χ0) is 16.1. The average molecular weight is 305 g/mol. The Kier molecular flexibility index (Phi) is 5.71. The van der Waals surface area contributed by atoms with Gasteiger partial charge in [-0.25, -0.2) is 9.97 Å². The van der Waals surface area contributed by atoms with E-state index in [1.54, 1.807) is 0 Å². The first-order valence-corrected chi connectivity index (χ1v) is 8.13. The van der Waals surface area contributed by atoms with E-state index in [9.17, 15) is 4.79 Å². The van der Waals surface area contributed by atoms with Crippen LogP contribution in [0.25, 0.3) is 0 Å². The molecular weight excluding hydrogens is 278 g/mol. The number of primary amides is 1. The predicted molar refractivity (Wildman–Crippen MR) is 87.7 cm³/mol. The van der Waals surface area contributed by atoms with Gasteiger partial charge in [0.1, 0.15) is 17.7 Å². The highest BCUT2D eigenvalue weighted by atomic mass is 16.1. The molecule has 122 valence electrons. The van der Waals surface area contributed by atoms with Crippen LogP contribution in [-0.4, -0.2) is 35.0 Å². The minimum absolute atomic E-state index is 0.162. The van der Waals surface area contributed by atoms with Crippen molar-refractivity contribution < 1.29 is 4.79 Å². The van der Waals surface area contributed by atoms with Crippen LogP contribution in [0.5, 0.6) is 0 Å². The molecule has 1 aliphatic heterocycles. The molecular formula is C16H27N5O. The summed E-state index contributed by atoms with van der Waals surface area (Å²) in [6, 6.07) is 1.57. The third-order valence-electron chi connectivity index (χ3n) is 4.44. The van der Waals surface area contributed by atoms with Crippen LogP contribution in [0.3, 0.4) is 0 Å². The molecule has 0 spiro atoms. The number of hydrogen-bond donors (Lipinski definition) is 3. The van der Waals surface area contributed by atoms with Crippen LogP contribution in [0.1, 0.15) is 50.5 Å². The third-order valence-corrected chi connectivity index (χ3v) is 4.44. The summed E-state index contributed by atoms with van der Waals surface area (Å²) in [6.45, 7) is 8.00. The summed E-state index contributed by atoms with van der Waals surface area (Å²) in [4.78, 5) is 20.7. The van der Waals surface area contributed by atoms with E-state index in [0.29, 0.717) is 11.7 Å². The maximum atomic E-state index is 11.7. The molecule has 1 amide bonds. The van der Waals surface area contributed by atoms with Crippen LogP contribution in [0.2, 0.25) is 0 Å². The maximum absolute atomic E-state index is 11.7. The Morgan fingerprint density at radius 1 is 1.45 bits per heavy atom. The standard InChI is InChI=1S/C16H27N5O/c1-4-10(2)15(16(17)22)21-14-9-13(19-11(3)20-14)12-5-7-18-8-6-12/h9-10,12,15,18H,4-8H2,1-3H3,(H2,17,22)(H,19,20,21)/t10-,15-/m0/s1. The number of anilines is 1. The lowest BCUT2D eigenvalue weighted by Gasteiger charge is -2.24. The molecule has 6 heteroatoms. The van der Waals surface area contributed by atoms with Gasteiger partial charge in [-0.2, -0.15) is 0 Å². The molecule has 1 aliphatic rings. The number of nitrogens with zero attached hydrogens (tertiary/aromatic N) is 2. The van der Waals surface area contributed by atoms with Crippen molar-refractivity contribution in [2.45, 2.75) is 52.0 Å². The van der Waals surface area contributed by atoms with E-state index >= 15 is 0 Å². The number of nitrogens with one attached hydrogen (secondary N) is 2. The molecule has 2 heterocycles. The third kappa shape index (κ3) is 4.16. The second kappa shape index (κ2) is 7.54. The molecule has 6 nitrogen and oxygen atoms in total. The number of piperidine rings is 1. The Morgan fingerprint density at radius 3 is 2.73 bits per heavy atom. The quantitative estimate of drug-likeness (QED) is 0.742. The average Bonchev–Trinajstić information content (AvgIpc) is 2.52. The Balaban J connectivity index is 2.19. The van der Waals surface area contributed by atoms with Crippen molar-refractivity contribution in [3.05, 3.63) is 17.6 Å². The normalized spacial score (nSPS) is 18.7. The lowest BCUT2D eigenvalue weighted by molar-refractivity contribution is -0.119. The molecule has 0 bridgehead atoms. The van der Waals surface area contributed by atoms with Gasteiger partial charge in [0.2, 0.25) is 5.91 Å². The zero-order valence-electron chi connectivity index (χ0n) is 13.7. The summed E-state index contributed by atoms with van der Waals surface area (Å²) in [5.74, 6) is 1.71. The minimum atomic E-state index is -0.403. The lowest BCUT2D eigenvalue weighted by Crippen LogP contribution is -2.40. The van der Waals surface area contributed by atoms with Crippen molar-refractivity contribution in [3.63, 3.8) is 0 Å². The van der Waals surface area contributed by atoms with E-state index in [1.165, 1.54) is 0 Å². The summed E-state index contributed by atoms with van der Waals surface area (Å²) in [6.07, 6.45) is 3.05. The van der Waals surface area contributed by atoms with Crippen LogP contribution in [0.15, 0.2) is 6.07 Å². The summed E-state index contributed by atoms with van der Waals surface area (Å²) in [5, 5.41) is 6.57. The Hall–Kier alpha value is -1.69. The molecule has 1 saturated heterocycles. The van der Waals surface area contributed by atoms with Gasteiger partial charge in [-0.15, -0.1) is 0 Å². The first-order valence-electron chi connectivity index (χ1n) is 8.13. The molecule has 0 unspecified atom stereocenters. The van der Waals surface area contributed by atoms with Gasteiger partial charge in [0, 0.05) is 17.7 Å². The predicted octanol–water partition coefficient (Wildman–Crippen LogP) is 1.56. The van der Waals surface area contributed by atoms with Crippen molar-refractivity contribution in [1.82, 2.24) is 15.3 Å². The number of aromatic nitrogens is 2. The van der Waals surface area contributed by atoms with Gasteiger partial charge < -0.3 is 16.4 Å². The second-order valence-corrected chi connectivity index (χ2v) is 6.16. The van der Waals surface area contributed by atoms with Crippen molar-refractivity contribution in [1.29, 1.82) is 0 Å². The molecule has 0 saturated carbocycles. The fourth-order valence-electron chi connectivity index (χ4n) is 2.88. The van der Waals surface area contributed by atoms with Crippen LogP contribution in [-0.2, 0) is 4.79 Å². The Labute approximate surface area is 132 Å². The highest BCUT2D eigenvalue weighted by Gasteiger charge is 2.23. The van der Waals surface area contributed by atoms with E-state index in [0.717, 1.165) is 43.9 Å². The van der Waals surface area contributed by atoms with Crippen LogP contribution in [0, 0.1) is 12.8 Å². The smallest absolute Gasteiger partial charge is 0.240 e. The van der Waals surface area contributed by atoms with E-state index in [4.69, 9.17) is 5.73 Å². The molecule has 0 aromatic carbocycles. The molecule has 4 N–H and O–H groups in total. The topological polar surface area (TPSA) is 92.9 Å². The lowest BCUT2D eigenvalue weighted by atomic mass is 9.94. The monoisotopic (exact) mass is 305 g/mol. The second-order valence-electron chi connectivity index (χ2n) is 6.16. The van der Waals surface area contributed by atoms with Crippen molar-refractivity contribution in [2.24, 2.45) is 11.7 Å². The van der Waals surface area contributed by atoms with Crippen LogP contribution in [0.4, 0.5) is 5.82 Å². The van der Waals surface area contributed by atoms with Gasteiger partial charge in [-0.1, -0.05) is 20.3 Å². The van der Waals surface area contributed by atoms with Crippen LogP contribution < -0.4 is 16.4 Å². The number of amides is 1. The Bertz CT molecular complexity index is 513. The fraction of sp³-hybridized carbons (Fsp3) is 0.688. The first kappa shape index (κ1) is 16.7. The molecule has 22 heavy (non-hydrogen) atoms. The molecule has 2 rings (SSSR count). The van der Waals surface area contributed by atoms with Gasteiger partial charge in [0.15, 0.2) is 0 Å². The molecule has 0 aliphatic carbocycles. The Morgan fingerprint density at radius 2 is 2.14 bits per heavy atom. The minimum Gasteiger partial charge on any atom is -0.368 e. The number of aryl methyl sites for hydroxylation is 1. The molecule has 1 fully saturated rings. The van der Waals surface area contributed by atoms with Gasteiger partial charge in [0.25, 0.3) is 0 Å². The van der Waals surface area contributed by atoms with Crippen LogP contribution >= 0.6 is 0 Å². The molecule has 0 radical (unpaired) electrons. The number of hydrogen-bond acceptors (Lipinski definition) is 5. The maximum Gasteiger partial charge on any atom is 0.240 e. The number of nitrogens with two attached hydrogens (primary N) is 1. The summed E-state index contributed by atoms with van der Waals surface area (Å²) < 4.78 is 0.